The predicted octanol–water partition coefficient (Wildman–Crippen LogP) is 1.77. The minimum atomic E-state index is -0.0472. The van der Waals surface area contributed by atoms with Crippen molar-refractivity contribution in [2.45, 2.75) is 64.6 Å². The molecule has 2 N–H and O–H groups in total. The summed E-state index contributed by atoms with van der Waals surface area (Å²) in [5.74, 6) is 2.24. The van der Waals surface area contributed by atoms with Crippen molar-refractivity contribution in [3.05, 3.63) is 11.6 Å². The number of rotatable bonds is 3. The van der Waals surface area contributed by atoms with Gasteiger partial charge in [-0.15, -0.1) is 10.2 Å². The standard InChI is InChI=1S/C13H24N4O/c1-5-10-9(6-7-18-10)12-16-15-11(8-14)17(12)13(2,3)4/h9-10H,5-8,14H2,1-4H3. The smallest absolute Gasteiger partial charge is 0.147 e. The molecule has 1 aliphatic heterocycles. The van der Waals surface area contributed by atoms with Crippen molar-refractivity contribution in [1.29, 1.82) is 0 Å². The molecule has 5 heteroatoms. The number of aromatic nitrogens is 3. The maximum Gasteiger partial charge on any atom is 0.147 e. The van der Waals surface area contributed by atoms with E-state index in [1.807, 2.05) is 0 Å². The minimum Gasteiger partial charge on any atom is -0.377 e. The first-order valence-corrected chi connectivity index (χ1v) is 6.75. The molecule has 1 aromatic rings. The van der Waals surface area contributed by atoms with Crippen LogP contribution in [-0.2, 0) is 16.8 Å². The summed E-state index contributed by atoms with van der Waals surface area (Å²) < 4.78 is 7.96. The van der Waals surface area contributed by atoms with Crippen LogP contribution in [0, 0.1) is 0 Å². The molecular weight excluding hydrogens is 228 g/mol. The van der Waals surface area contributed by atoms with E-state index in [4.69, 9.17) is 10.5 Å². The van der Waals surface area contributed by atoms with Crippen LogP contribution in [0.15, 0.2) is 0 Å². The lowest BCUT2D eigenvalue weighted by Gasteiger charge is -2.27. The number of hydrogen-bond acceptors (Lipinski definition) is 4. The van der Waals surface area contributed by atoms with E-state index in [0.29, 0.717) is 12.5 Å². The summed E-state index contributed by atoms with van der Waals surface area (Å²) in [5, 5.41) is 8.63. The molecule has 2 unspecified atom stereocenters. The summed E-state index contributed by atoms with van der Waals surface area (Å²) in [6, 6.07) is 0. The first-order valence-electron chi connectivity index (χ1n) is 6.75. The highest BCUT2D eigenvalue weighted by Crippen LogP contribution is 2.34. The molecule has 0 aliphatic carbocycles. The maximum atomic E-state index is 5.77. The Bertz CT molecular complexity index is 408. The van der Waals surface area contributed by atoms with Gasteiger partial charge in [-0.3, -0.25) is 0 Å². The zero-order valence-electron chi connectivity index (χ0n) is 11.8. The van der Waals surface area contributed by atoms with E-state index in [1.54, 1.807) is 0 Å². The first-order chi connectivity index (χ1) is 8.49. The van der Waals surface area contributed by atoms with E-state index in [1.165, 1.54) is 0 Å². The van der Waals surface area contributed by atoms with Crippen LogP contribution >= 0.6 is 0 Å². The minimum absolute atomic E-state index is 0.0472. The molecule has 18 heavy (non-hydrogen) atoms. The van der Waals surface area contributed by atoms with Crippen molar-refractivity contribution in [1.82, 2.24) is 14.8 Å². The average molecular weight is 252 g/mol. The molecule has 2 rings (SSSR count). The van der Waals surface area contributed by atoms with Crippen molar-refractivity contribution < 1.29 is 4.74 Å². The maximum absolute atomic E-state index is 5.77. The summed E-state index contributed by atoms with van der Waals surface area (Å²) in [4.78, 5) is 0. The molecule has 2 atom stereocenters. The van der Waals surface area contributed by atoms with Crippen molar-refractivity contribution in [2.24, 2.45) is 5.73 Å². The zero-order chi connectivity index (χ0) is 13.3. The van der Waals surface area contributed by atoms with Gasteiger partial charge < -0.3 is 15.0 Å². The third-order valence-corrected chi connectivity index (χ3v) is 3.55. The van der Waals surface area contributed by atoms with Gasteiger partial charge in [0.05, 0.1) is 12.6 Å². The molecule has 1 saturated heterocycles. The van der Waals surface area contributed by atoms with E-state index < -0.39 is 0 Å². The Morgan fingerprint density at radius 2 is 2.11 bits per heavy atom. The summed E-state index contributed by atoms with van der Waals surface area (Å²) >= 11 is 0. The second kappa shape index (κ2) is 4.97. The molecular formula is C13H24N4O. The second-order valence-electron chi connectivity index (χ2n) is 5.90. The molecule has 102 valence electrons. The highest BCUT2D eigenvalue weighted by Gasteiger charge is 2.35. The van der Waals surface area contributed by atoms with Crippen LogP contribution in [0.25, 0.3) is 0 Å². The van der Waals surface area contributed by atoms with Crippen molar-refractivity contribution in [3.8, 4) is 0 Å². The fraction of sp³-hybridized carbons (Fsp3) is 0.846. The lowest BCUT2D eigenvalue weighted by atomic mass is 9.97. The van der Waals surface area contributed by atoms with Crippen LogP contribution < -0.4 is 5.73 Å². The average Bonchev–Trinajstić information content (AvgIpc) is 2.93. The predicted molar refractivity (Wildman–Crippen MR) is 70.3 cm³/mol. The molecule has 0 aromatic carbocycles. The molecule has 0 radical (unpaired) electrons. The second-order valence-corrected chi connectivity index (χ2v) is 5.90. The van der Waals surface area contributed by atoms with Crippen LogP contribution in [0.4, 0.5) is 0 Å². The highest BCUT2D eigenvalue weighted by atomic mass is 16.5. The van der Waals surface area contributed by atoms with E-state index >= 15 is 0 Å². The van der Waals surface area contributed by atoms with Crippen LogP contribution in [0.3, 0.4) is 0 Å². The van der Waals surface area contributed by atoms with E-state index in [9.17, 15) is 0 Å². The normalized spacial score (nSPS) is 24.7. The number of ether oxygens (including phenoxy) is 1. The third-order valence-electron chi connectivity index (χ3n) is 3.55. The van der Waals surface area contributed by atoms with Gasteiger partial charge in [0.15, 0.2) is 0 Å². The Hall–Kier alpha value is -0.940. The number of hydrogen-bond donors (Lipinski definition) is 1. The SMILES string of the molecule is CCC1OCCC1c1nnc(CN)n1C(C)(C)C. The Kier molecular flexibility index (Phi) is 3.73. The van der Waals surface area contributed by atoms with Gasteiger partial charge in [0, 0.05) is 18.1 Å². The van der Waals surface area contributed by atoms with Gasteiger partial charge in [0.25, 0.3) is 0 Å². The summed E-state index contributed by atoms with van der Waals surface area (Å²) in [5.41, 5.74) is 5.72. The Labute approximate surface area is 109 Å². The summed E-state index contributed by atoms with van der Waals surface area (Å²) in [6.07, 6.45) is 2.30. The van der Waals surface area contributed by atoms with Crippen molar-refractivity contribution in [2.75, 3.05) is 6.61 Å². The summed E-state index contributed by atoms with van der Waals surface area (Å²) in [6.45, 7) is 9.89. The Morgan fingerprint density at radius 1 is 1.39 bits per heavy atom. The van der Waals surface area contributed by atoms with Crippen LogP contribution in [0.1, 0.15) is 58.1 Å². The van der Waals surface area contributed by atoms with Crippen molar-refractivity contribution in [3.63, 3.8) is 0 Å². The van der Waals surface area contributed by atoms with Crippen LogP contribution in [0.2, 0.25) is 0 Å². The molecule has 1 aliphatic rings. The van der Waals surface area contributed by atoms with Gasteiger partial charge in [-0.05, 0) is 33.6 Å². The van der Waals surface area contributed by atoms with Crippen LogP contribution in [-0.4, -0.2) is 27.5 Å². The molecule has 0 spiro atoms. The topological polar surface area (TPSA) is 66.0 Å². The quantitative estimate of drug-likeness (QED) is 0.890. The van der Waals surface area contributed by atoms with Gasteiger partial charge in [0.1, 0.15) is 11.6 Å². The molecule has 0 saturated carbocycles. The fourth-order valence-corrected chi connectivity index (χ4v) is 2.78. The van der Waals surface area contributed by atoms with Gasteiger partial charge in [-0.25, -0.2) is 0 Å². The summed E-state index contributed by atoms with van der Waals surface area (Å²) in [7, 11) is 0. The molecule has 1 aromatic heterocycles. The molecule has 0 bridgehead atoms. The van der Waals surface area contributed by atoms with E-state index in [2.05, 4.69) is 42.5 Å². The van der Waals surface area contributed by atoms with Crippen molar-refractivity contribution >= 4 is 0 Å². The number of nitrogens with two attached hydrogens (primary N) is 1. The molecule has 1 fully saturated rings. The molecule has 5 nitrogen and oxygen atoms in total. The Morgan fingerprint density at radius 3 is 2.67 bits per heavy atom. The lowest BCUT2D eigenvalue weighted by Crippen LogP contribution is -2.30. The van der Waals surface area contributed by atoms with Gasteiger partial charge in [0.2, 0.25) is 0 Å². The van der Waals surface area contributed by atoms with Crippen LogP contribution in [0.5, 0.6) is 0 Å². The highest BCUT2D eigenvalue weighted by molar-refractivity contribution is 5.09. The molecule has 0 amide bonds. The zero-order valence-corrected chi connectivity index (χ0v) is 11.8. The fourth-order valence-electron chi connectivity index (χ4n) is 2.78. The molecule has 2 heterocycles. The van der Waals surface area contributed by atoms with E-state index in [-0.39, 0.29) is 11.6 Å². The Balaban J connectivity index is 2.42. The number of nitrogens with zero attached hydrogens (tertiary/aromatic N) is 3. The third kappa shape index (κ3) is 2.29. The van der Waals surface area contributed by atoms with E-state index in [0.717, 1.165) is 31.1 Å². The van der Waals surface area contributed by atoms with Gasteiger partial charge >= 0.3 is 0 Å². The first kappa shape index (κ1) is 13.5. The lowest BCUT2D eigenvalue weighted by molar-refractivity contribution is 0.0981. The largest absolute Gasteiger partial charge is 0.377 e. The monoisotopic (exact) mass is 252 g/mol. The van der Waals surface area contributed by atoms with Gasteiger partial charge in [-0.1, -0.05) is 6.92 Å². The van der Waals surface area contributed by atoms with Gasteiger partial charge in [-0.2, -0.15) is 0 Å².